The summed E-state index contributed by atoms with van der Waals surface area (Å²) in [5.74, 6) is 0. The third kappa shape index (κ3) is 3.19. The maximum absolute atomic E-state index is 12.0. The Morgan fingerprint density at radius 1 is 1.12 bits per heavy atom. The van der Waals surface area contributed by atoms with Crippen molar-refractivity contribution in [3.8, 4) is 6.26 Å². The van der Waals surface area contributed by atoms with E-state index in [1.807, 2.05) is 0 Å². The van der Waals surface area contributed by atoms with Crippen LogP contribution in [0.15, 0.2) is 48.6 Å². The van der Waals surface area contributed by atoms with Gasteiger partial charge in [0.05, 0.1) is 0 Å². The Hall–Kier alpha value is -2.19. The highest BCUT2D eigenvalue weighted by Gasteiger charge is 2.69. The molecule has 1 aromatic rings. The number of allylic oxidation sites excluding steroid dienone is 1. The van der Waals surface area contributed by atoms with Crippen LogP contribution in [0, 0.1) is 11.5 Å². The molecule has 0 radical (unpaired) electrons. The highest BCUT2D eigenvalue weighted by atomic mass is 32.3. The Balaban J connectivity index is 2.79. The number of hydrogen-bond donors (Lipinski definition) is 2. The minimum Gasteiger partial charge on any atom is -0.409 e. The van der Waals surface area contributed by atoms with E-state index in [9.17, 15) is 25.9 Å². The van der Waals surface area contributed by atoms with Crippen LogP contribution in [0.2, 0.25) is 0 Å². The van der Waals surface area contributed by atoms with E-state index in [1.54, 1.807) is 30.3 Å². The molecule has 10 heteroatoms. The Bertz CT molecular complexity index is 911. The van der Waals surface area contributed by atoms with E-state index in [1.165, 1.54) is 18.4 Å². The van der Waals surface area contributed by atoms with Gasteiger partial charge in [-0.05, 0) is 30.6 Å². The molecule has 8 nitrogen and oxygen atoms in total. The van der Waals surface area contributed by atoms with Crippen LogP contribution in [0.1, 0.15) is 18.4 Å². The van der Waals surface area contributed by atoms with Crippen LogP contribution in [0.5, 0.6) is 0 Å². The molecule has 0 amide bonds. The van der Waals surface area contributed by atoms with Crippen LogP contribution >= 0.6 is 0 Å². The number of hydrogen-bond acceptors (Lipinski definition) is 6. The van der Waals surface area contributed by atoms with Crippen molar-refractivity contribution >= 4 is 26.3 Å². The lowest BCUT2D eigenvalue weighted by molar-refractivity contribution is 0.0965. The predicted octanol–water partition coefficient (Wildman–Crippen LogP) is 1.76. The lowest BCUT2D eigenvalue weighted by Gasteiger charge is -2.41. The molecule has 0 saturated carbocycles. The molecule has 0 spiro atoms. The summed E-state index contributed by atoms with van der Waals surface area (Å²) in [5.41, 5.74) is -1.88. The Labute approximate surface area is 145 Å². The van der Waals surface area contributed by atoms with E-state index in [4.69, 9.17) is 10.00 Å². The van der Waals surface area contributed by atoms with Gasteiger partial charge in [-0.25, -0.2) is 0 Å². The van der Waals surface area contributed by atoms with Crippen LogP contribution < -0.4 is 0 Å². The van der Waals surface area contributed by atoms with E-state index in [0.717, 1.165) is 12.2 Å². The zero-order valence-corrected chi connectivity index (χ0v) is 14.4. The smallest absolute Gasteiger partial charge is 0.292 e. The summed E-state index contributed by atoms with van der Waals surface area (Å²) < 4.78 is 69.0. The Morgan fingerprint density at radius 2 is 1.72 bits per heavy atom. The van der Waals surface area contributed by atoms with Crippen LogP contribution in [0.3, 0.4) is 0 Å². The first-order valence-corrected chi connectivity index (χ1v) is 9.91. The summed E-state index contributed by atoms with van der Waals surface area (Å²) in [6.07, 6.45) is 5.27. The number of nitriles is 1. The van der Waals surface area contributed by atoms with Gasteiger partial charge in [-0.15, -0.1) is 0 Å². The fourth-order valence-corrected chi connectivity index (χ4v) is 5.81. The van der Waals surface area contributed by atoms with Crippen LogP contribution in [-0.2, 0) is 25.0 Å². The molecule has 1 aromatic carbocycles. The van der Waals surface area contributed by atoms with Crippen LogP contribution in [0.4, 0.5) is 0 Å². The molecule has 0 aliphatic heterocycles. The van der Waals surface area contributed by atoms with Crippen molar-refractivity contribution in [1.82, 2.24) is 0 Å². The van der Waals surface area contributed by atoms with Crippen molar-refractivity contribution in [2.45, 2.75) is 22.5 Å². The highest BCUT2D eigenvalue weighted by Crippen LogP contribution is 2.46. The van der Waals surface area contributed by atoms with Crippen molar-refractivity contribution < 1.29 is 30.7 Å². The number of rotatable bonds is 5. The molecule has 0 fully saturated rings. The minimum absolute atomic E-state index is 0.0741. The van der Waals surface area contributed by atoms with Crippen LogP contribution in [0.25, 0.3) is 6.08 Å². The van der Waals surface area contributed by atoms with Gasteiger partial charge in [0, 0.05) is 0 Å². The molecule has 1 atom stereocenters. The van der Waals surface area contributed by atoms with Crippen molar-refractivity contribution in [3.63, 3.8) is 0 Å². The Kier molecular flexibility index (Phi) is 5.06. The lowest BCUT2D eigenvalue weighted by atomic mass is 9.88. The molecule has 0 heterocycles. The topological polar surface area (TPSA) is 142 Å². The molecule has 2 rings (SSSR count). The fourth-order valence-electron chi connectivity index (χ4n) is 2.84. The third-order valence-corrected chi connectivity index (χ3v) is 7.95. The quantitative estimate of drug-likeness (QED) is 0.443. The van der Waals surface area contributed by atoms with Crippen molar-refractivity contribution in [1.29, 1.82) is 5.26 Å². The molecule has 1 aliphatic carbocycles. The SMILES string of the molecule is N#COC1(C=Cc2ccccc2)C=CCCC1(S(=O)(=O)O)S(=O)(=O)O. The summed E-state index contributed by atoms with van der Waals surface area (Å²) in [6, 6.07) is 8.40. The van der Waals surface area contributed by atoms with Gasteiger partial charge in [-0.1, -0.05) is 42.5 Å². The molecule has 25 heavy (non-hydrogen) atoms. The van der Waals surface area contributed by atoms with E-state index >= 15 is 0 Å². The van der Waals surface area contributed by atoms with Crippen molar-refractivity contribution in [3.05, 3.63) is 54.1 Å². The first-order chi connectivity index (χ1) is 11.6. The van der Waals surface area contributed by atoms with Gasteiger partial charge >= 0.3 is 0 Å². The van der Waals surface area contributed by atoms with Gasteiger partial charge in [-0.3, -0.25) is 9.11 Å². The zero-order valence-electron chi connectivity index (χ0n) is 12.8. The molecule has 2 N–H and O–H groups in total. The second-order valence-electron chi connectivity index (χ2n) is 5.37. The zero-order chi connectivity index (χ0) is 18.8. The van der Waals surface area contributed by atoms with Crippen molar-refractivity contribution in [2.24, 2.45) is 0 Å². The minimum atomic E-state index is -5.40. The largest absolute Gasteiger partial charge is 0.409 e. The maximum atomic E-state index is 12.0. The Morgan fingerprint density at radius 3 is 2.24 bits per heavy atom. The summed E-state index contributed by atoms with van der Waals surface area (Å²) in [5, 5.41) is 8.95. The number of nitrogens with zero attached hydrogens (tertiary/aromatic N) is 1. The average molecular weight is 385 g/mol. The van der Waals surface area contributed by atoms with E-state index in [0.29, 0.717) is 5.56 Å². The van der Waals surface area contributed by atoms with Crippen molar-refractivity contribution in [2.75, 3.05) is 0 Å². The van der Waals surface area contributed by atoms with E-state index < -0.39 is 36.3 Å². The summed E-state index contributed by atoms with van der Waals surface area (Å²) in [4.78, 5) is 0. The molecule has 0 saturated heterocycles. The second-order valence-corrected chi connectivity index (χ2v) is 8.93. The molecular weight excluding hydrogens is 370 g/mol. The van der Waals surface area contributed by atoms with Gasteiger partial charge in [-0.2, -0.15) is 22.1 Å². The van der Waals surface area contributed by atoms with Gasteiger partial charge in [0.2, 0.25) is 0 Å². The monoisotopic (exact) mass is 385 g/mol. The molecule has 134 valence electrons. The van der Waals surface area contributed by atoms with E-state index in [2.05, 4.69) is 0 Å². The predicted molar refractivity (Wildman–Crippen MR) is 89.1 cm³/mol. The number of benzene rings is 1. The standard InChI is InChI=1S/C15H15NO7S2/c16-12-23-14(11-8-13-6-2-1-3-7-13)9-4-5-10-15(14,24(17,18)19)25(20,21)22/h1-4,6-9,11H,5,10H2,(H,17,18,19)(H,20,21,22). The summed E-state index contributed by atoms with van der Waals surface area (Å²) in [7, 11) is -10.8. The first kappa shape index (κ1) is 19.1. The molecule has 0 bridgehead atoms. The van der Waals surface area contributed by atoms with Gasteiger partial charge in [0.25, 0.3) is 30.6 Å². The molecule has 0 aromatic heterocycles. The summed E-state index contributed by atoms with van der Waals surface area (Å²) >= 11 is 0. The van der Waals surface area contributed by atoms with Crippen LogP contribution in [-0.4, -0.2) is 35.6 Å². The van der Waals surface area contributed by atoms with Gasteiger partial charge in [0.1, 0.15) is 0 Å². The second kappa shape index (κ2) is 6.61. The normalized spacial score (nSPS) is 23.2. The third-order valence-electron chi connectivity index (χ3n) is 3.97. The average Bonchev–Trinajstić information content (AvgIpc) is 2.52. The molecule has 1 unspecified atom stereocenters. The maximum Gasteiger partial charge on any atom is 0.292 e. The number of ether oxygens (including phenoxy) is 1. The first-order valence-electron chi connectivity index (χ1n) is 7.03. The lowest BCUT2D eigenvalue weighted by Crippen LogP contribution is -2.63. The van der Waals surface area contributed by atoms with Gasteiger partial charge in [0.15, 0.2) is 5.60 Å². The fraction of sp³-hybridized carbons (Fsp3) is 0.267. The van der Waals surface area contributed by atoms with E-state index in [-0.39, 0.29) is 6.42 Å². The highest BCUT2D eigenvalue weighted by molar-refractivity contribution is 8.05. The molecule has 1 aliphatic rings. The van der Waals surface area contributed by atoms with Gasteiger partial charge < -0.3 is 4.74 Å². The molecular formula is C15H15NO7S2. The summed E-state index contributed by atoms with van der Waals surface area (Å²) in [6.45, 7) is 0.